The first-order valence-electron chi connectivity index (χ1n) is 8.44. The Hall–Kier alpha value is -3.46. The SMILES string of the molecule is CC(/C=C1\N=C(c2ccc3ccccc3c2)OC1=O)=C\c1ccccc1. The van der Waals surface area contributed by atoms with E-state index < -0.39 is 5.97 Å². The Morgan fingerprint density at radius 3 is 2.46 bits per heavy atom. The minimum absolute atomic E-state index is 0.317. The predicted molar refractivity (Wildman–Crippen MR) is 105 cm³/mol. The summed E-state index contributed by atoms with van der Waals surface area (Å²) in [5.41, 5.74) is 3.13. The quantitative estimate of drug-likeness (QED) is 0.490. The van der Waals surface area contributed by atoms with Crippen molar-refractivity contribution in [2.75, 3.05) is 0 Å². The molecular weight excluding hydrogens is 322 g/mol. The van der Waals surface area contributed by atoms with E-state index in [0.29, 0.717) is 11.6 Å². The van der Waals surface area contributed by atoms with Crippen molar-refractivity contribution >= 4 is 28.7 Å². The molecule has 3 aromatic rings. The third-order valence-electron chi connectivity index (χ3n) is 4.18. The van der Waals surface area contributed by atoms with E-state index in [1.807, 2.05) is 85.8 Å². The van der Waals surface area contributed by atoms with Gasteiger partial charge in [-0.2, -0.15) is 0 Å². The average molecular weight is 339 g/mol. The number of esters is 1. The predicted octanol–water partition coefficient (Wildman–Crippen LogP) is 5.13. The number of nitrogens with zero attached hydrogens (tertiary/aromatic N) is 1. The molecule has 0 amide bonds. The normalized spacial score (nSPS) is 16.0. The Morgan fingerprint density at radius 2 is 1.65 bits per heavy atom. The molecule has 1 aliphatic rings. The maximum Gasteiger partial charge on any atom is 0.363 e. The third-order valence-corrected chi connectivity index (χ3v) is 4.18. The second-order valence-corrected chi connectivity index (χ2v) is 6.20. The monoisotopic (exact) mass is 339 g/mol. The van der Waals surface area contributed by atoms with Crippen molar-refractivity contribution in [2.45, 2.75) is 6.92 Å². The van der Waals surface area contributed by atoms with Gasteiger partial charge in [-0.3, -0.25) is 0 Å². The summed E-state index contributed by atoms with van der Waals surface area (Å²) < 4.78 is 5.38. The lowest BCUT2D eigenvalue weighted by molar-refractivity contribution is -0.130. The molecule has 0 saturated carbocycles. The first-order chi connectivity index (χ1) is 12.7. The summed E-state index contributed by atoms with van der Waals surface area (Å²) in [5, 5.41) is 2.22. The molecule has 0 unspecified atom stereocenters. The zero-order chi connectivity index (χ0) is 17.9. The molecule has 0 saturated heterocycles. The van der Waals surface area contributed by atoms with Crippen LogP contribution in [-0.2, 0) is 9.53 Å². The number of hydrogen-bond acceptors (Lipinski definition) is 3. The molecule has 4 rings (SSSR count). The Kier molecular flexibility index (Phi) is 4.20. The molecule has 26 heavy (non-hydrogen) atoms. The van der Waals surface area contributed by atoms with E-state index in [0.717, 1.165) is 27.5 Å². The summed E-state index contributed by atoms with van der Waals surface area (Å²) in [5.74, 6) is -0.0755. The Bertz CT molecular complexity index is 1080. The summed E-state index contributed by atoms with van der Waals surface area (Å²) in [6.07, 6.45) is 3.76. The van der Waals surface area contributed by atoms with Crippen LogP contribution in [0.2, 0.25) is 0 Å². The van der Waals surface area contributed by atoms with E-state index in [2.05, 4.69) is 4.99 Å². The van der Waals surface area contributed by atoms with Gasteiger partial charge in [0, 0.05) is 5.56 Å². The molecule has 0 N–H and O–H groups in total. The maximum absolute atomic E-state index is 12.2. The van der Waals surface area contributed by atoms with Gasteiger partial charge in [-0.05, 0) is 47.0 Å². The van der Waals surface area contributed by atoms with E-state index in [1.165, 1.54) is 0 Å². The van der Waals surface area contributed by atoms with Gasteiger partial charge in [0.25, 0.3) is 0 Å². The zero-order valence-electron chi connectivity index (χ0n) is 14.3. The van der Waals surface area contributed by atoms with Crippen molar-refractivity contribution in [1.82, 2.24) is 0 Å². The van der Waals surface area contributed by atoms with Gasteiger partial charge in [-0.25, -0.2) is 9.79 Å². The van der Waals surface area contributed by atoms with Crippen molar-refractivity contribution in [3.8, 4) is 0 Å². The average Bonchev–Trinajstić information content (AvgIpc) is 3.02. The number of carbonyl (C=O) groups is 1. The molecule has 0 spiro atoms. The van der Waals surface area contributed by atoms with Crippen LogP contribution in [-0.4, -0.2) is 11.9 Å². The van der Waals surface area contributed by atoms with E-state index in [-0.39, 0.29) is 0 Å². The van der Waals surface area contributed by atoms with E-state index >= 15 is 0 Å². The molecule has 3 heteroatoms. The number of cyclic esters (lactones) is 1. The molecule has 126 valence electrons. The second-order valence-electron chi connectivity index (χ2n) is 6.20. The lowest BCUT2D eigenvalue weighted by Crippen LogP contribution is -2.05. The molecular formula is C23H17NO2. The molecule has 3 aromatic carbocycles. The topological polar surface area (TPSA) is 38.7 Å². The number of allylic oxidation sites excluding steroid dienone is 2. The van der Waals surface area contributed by atoms with Crippen LogP contribution in [0.1, 0.15) is 18.1 Å². The van der Waals surface area contributed by atoms with Crippen LogP contribution in [0, 0.1) is 0 Å². The third kappa shape index (κ3) is 3.33. The van der Waals surface area contributed by atoms with Crippen molar-refractivity contribution in [1.29, 1.82) is 0 Å². The van der Waals surface area contributed by atoms with Crippen LogP contribution < -0.4 is 0 Å². The van der Waals surface area contributed by atoms with Gasteiger partial charge >= 0.3 is 5.97 Å². The summed E-state index contributed by atoms with van der Waals surface area (Å²) in [6.45, 7) is 1.94. The van der Waals surface area contributed by atoms with Crippen LogP contribution in [0.15, 0.2) is 95.1 Å². The molecule has 0 bridgehead atoms. The molecule has 1 aliphatic heterocycles. The van der Waals surface area contributed by atoms with Crippen LogP contribution in [0.25, 0.3) is 16.8 Å². The minimum Gasteiger partial charge on any atom is -0.402 e. The summed E-state index contributed by atoms with van der Waals surface area (Å²) >= 11 is 0. The fourth-order valence-electron chi connectivity index (χ4n) is 2.92. The van der Waals surface area contributed by atoms with E-state index in [1.54, 1.807) is 6.08 Å². The molecule has 0 aromatic heterocycles. The molecule has 1 heterocycles. The van der Waals surface area contributed by atoms with Crippen LogP contribution in [0.4, 0.5) is 0 Å². The fourth-order valence-corrected chi connectivity index (χ4v) is 2.92. The highest BCUT2D eigenvalue weighted by atomic mass is 16.6. The highest BCUT2D eigenvalue weighted by molar-refractivity contribution is 6.12. The first kappa shape index (κ1) is 16.0. The number of carbonyl (C=O) groups excluding carboxylic acids is 1. The van der Waals surface area contributed by atoms with Crippen molar-refractivity contribution < 1.29 is 9.53 Å². The Labute approximate surface area is 152 Å². The van der Waals surface area contributed by atoms with Crippen molar-refractivity contribution in [3.63, 3.8) is 0 Å². The van der Waals surface area contributed by atoms with Gasteiger partial charge in [0.15, 0.2) is 5.70 Å². The highest BCUT2D eigenvalue weighted by Crippen LogP contribution is 2.22. The molecule has 0 fully saturated rings. The molecule has 0 aliphatic carbocycles. The smallest absolute Gasteiger partial charge is 0.363 e. The number of ether oxygens (including phenoxy) is 1. The van der Waals surface area contributed by atoms with Gasteiger partial charge in [0.05, 0.1) is 0 Å². The van der Waals surface area contributed by atoms with E-state index in [4.69, 9.17) is 4.74 Å². The summed E-state index contributed by atoms with van der Waals surface area (Å²) in [7, 11) is 0. The number of benzene rings is 3. The lowest BCUT2D eigenvalue weighted by Gasteiger charge is -2.02. The van der Waals surface area contributed by atoms with Crippen LogP contribution >= 0.6 is 0 Å². The number of hydrogen-bond donors (Lipinski definition) is 0. The number of fused-ring (bicyclic) bond motifs is 1. The number of aliphatic imine (C=N–C) groups is 1. The maximum atomic E-state index is 12.2. The number of rotatable bonds is 3. The van der Waals surface area contributed by atoms with Gasteiger partial charge < -0.3 is 4.74 Å². The molecule has 0 radical (unpaired) electrons. The largest absolute Gasteiger partial charge is 0.402 e. The van der Waals surface area contributed by atoms with Gasteiger partial charge in [-0.1, -0.05) is 66.7 Å². The Morgan fingerprint density at radius 1 is 0.923 bits per heavy atom. The van der Waals surface area contributed by atoms with Crippen LogP contribution in [0.5, 0.6) is 0 Å². The summed E-state index contributed by atoms with van der Waals surface area (Å²) in [6, 6.07) is 23.9. The minimum atomic E-state index is -0.422. The zero-order valence-corrected chi connectivity index (χ0v) is 14.3. The highest BCUT2D eigenvalue weighted by Gasteiger charge is 2.24. The second kappa shape index (κ2) is 6.81. The van der Waals surface area contributed by atoms with Crippen molar-refractivity contribution in [3.05, 3.63) is 101 Å². The van der Waals surface area contributed by atoms with Gasteiger partial charge in [0.2, 0.25) is 5.90 Å². The van der Waals surface area contributed by atoms with Crippen LogP contribution in [0.3, 0.4) is 0 Å². The fraction of sp³-hybridized carbons (Fsp3) is 0.0435. The van der Waals surface area contributed by atoms with Crippen molar-refractivity contribution in [2.24, 2.45) is 4.99 Å². The Balaban J connectivity index is 1.65. The summed E-state index contributed by atoms with van der Waals surface area (Å²) in [4.78, 5) is 16.6. The lowest BCUT2D eigenvalue weighted by atomic mass is 10.1. The van der Waals surface area contributed by atoms with Gasteiger partial charge in [0.1, 0.15) is 0 Å². The first-order valence-corrected chi connectivity index (χ1v) is 8.44. The van der Waals surface area contributed by atoms with Gasteiger partial charge in [-0.15, -0.1) is 0 Å². The standard InChI is InChI=1S/C23H17NO2/c1-16(13-17-7-3-2-4-8-17)14-21-23(25)26-22(24-21)20-12-11-18-9-5-6-10-19(18)15-20/h2-15H,1H3/b16-13+,21-14-. The molecule has 3 nitrogen and oxygen atoms in total. The van der Waals surface area contributed by atoms with E-state index in [9.17, 15) is 4.79 Å². The molecule has 0 atom stereocenters.